The molecule has 0 saturated carbocycles. The predicted molar refractivity (Wildman–Crippen MR) is 106 cm³/mol. The van der Waals surface area contributed by atoms with Crippen LogP contribution >= 0.6 is 18.9 Å². The topological polar surface area (TPSA) is 17.1 Å². The van der Waals surface area contributed by atoms with Crippen molar-refractivity contribution in [2.45, 2.75) is 44.4 Å². The second-order valence-electron chi connectivity index (χ2n) is 7.19. The maximum atomic E-state index is 14.4. The molecule has 124 valence electrons. The van der Waals surface area contributed by atoms with Crippen LogP contribution in [0.25, 0.3) is 0 Å². The van der Waals surface area contributed by atoms with Crippen molar-refractivity contribution in [3.05, 3.63) is 60.7 Å². The van der Waals surface area contributed by atoms with Crippen LogP contribution in [0.2, 0.25) is 0 Å². The zero-order chi connectivity index (χ0) is 17.1. The number of hydrogen-bond acceptors (Lipinski definition) is 2. The Morgan fingerprint density at radius 2 is 1.22 bits per heavy atom. The van der Waals surface area contributed by atoms with E-state index >= 15 is 0 Å². The molecule has 0 aliphatic rings. The summed E-state index contributed by atoms with van der Waals surface area (Å²) in [4.78, 5) is 0.0623. The van der Waals surface area contributed by atoms with Crippen molar-refractivity contribution >= 4 is 29.5 Å². The molecular weight excluding hydrogens is 319 g/mol. The van der Waals surface area contributed by atoms with Gasteiger partial charge in [0.05, 0.1) is 4.99 Å². The zero-order valence-electron chi connectivity index (χ0n) is 14.7. The molecule has 0 fully saturated rings. The van der Waals surface area contributed by atoms with E-state index in [1.807, 2.05) is 72.4 Å². The molecule has 0 radical (unpaired) electrons. The Morgan fingerprint density at radius 1 is 0.826 bits per heavy atom. The quantitative estimate of drug-likeness (QED) is 0.664. The van der Waals surface area contributed by atoms with E-state index in [1.54, 1.807) is 0 Å². The Labute approximate surface area is 145 Å². The summed E-state index contributed by atoms with van der Waals surface area (Å²) in [6, 6.07) is 20.0. The molecule has 2 aromatic carbocycles. The molecule has 0 N–H and O–H groups in total. The van der Waals surface area contributed by atoms with Gasteiger partial charge in [0.25, 0.3) is 0 Å². The van der Waals surface area contributed by atoms with Crippen LogP contribution in [-0.2, 0) is 4.57 Å². The smallest absolute Gasteiger partial charge is 0.155 e. The van der Waals surface area contributed by atoms with Gasteiger partial charge in [-0.3, -0.25) is 0 Å². The molecule has 0 aromatic heterocycles. The largest absolute Gasteiger partial charge is 0.312 e. The summed E-state index contributed by atoms with van der Waals surface area (Å²) in [6.45, 7) is 11.0. The van der Waals surface area contributed by atoms with Crippen LogP contribution in [0.5, 0.6) is 0 Å². The molecule has 0 aliphatic carbocycles. The molecule has 0 heterocycles. The molecule has 1 atom stereocenters. The highest BCUT2D eigenvalue weighted by atomic mass is 32.2. The van der Waals surface area contributed by atoms with E-state index in [4.69, 9.17) is 0 Å². The van der Waals surface area contributed by atoms with Gasteiger partial charge in [0.15, 0.2) is 7.14 Å². The lowest BCUT2D eigenvalue weighted by molar-refractivity contribution is 0.572. The Hall–Kier alpha value is -0.980. The van der Waals surface area contributed by atoms with E-state index in [-0.39, 0.29) is 9.74 Å². The lowest BCUT2D eigenvalue weighted by Gasteiger charge is -2.35. The molecule has 3 heteroatoms. The minimum Gasteiger partial charge on any atom is -0.312 e. The number of rotatable bonds is 5. The van der Waals surface area contributed by atoms with Crippen molar-refractivity contribution in [2.24, 2.45) is 5.92 Å². The van der Waals surface area contributed by atoms with Gasteiger partial charge >= 0.3 is 0 Å². The van der Waals surface area contributed by atoms with Crippen LogP contribution in [-0.4, -0.2) is 9.74 Å². The van der Waals surface area contributed by atoms with Crippen molar-refractivity contribution in [3.63, 3.8) is 0 Å². The standard InChI is InChI=1S/C20H27OPS/c1-16(2)19(23-20(3,4)5)22(21,17-12-8-6-9-13-17)18-14-10-7-11-15-18/h6-16,19H,1-5H3. The molecule has 2 aromatic rings. The fraction of sp³-hybridized carbons (Fsp3) is 0.400. The van der Waals surface area contributed by atoms with Gasteiger partial charge in [-0.2, -0.15) is 0 Å². The Bertz CT molecular complexity index is 616. The maximum absolute atomic E-state index is 14.4. The molecule has 0 aliphatic heterocycles. The number of hydrogen-bond donors (Lipinski definition) is 0. The van der Waals surface area contributed by atoms with E-state index in [0.717, 1.165) is 10.6 Å². The van der Waals surface area contributed by atoms with Gasteiger partial charge in [-0.25, -0.2) is 0 Å². The van der Waals surface area contributed by atoms with Gasteiger partial charge in [0.2, 0.25) is 0 Å². The Morgan fingerprint density at radius 3 is 1.52 bits per heavy atom. The fourth-order valence-corrected chi connectivity index (χ4v) is 8.96. The van der Waals surface area contributed by atoms with E-state index in [1.165, 1.54) is 0 Å². The van der Waals surface area contributed by atoms with E-state index in [9.17, 15) is 4.57 Å². The lowest BCUT2D eigenvalue weighted by atomic mass is 10.2. The average Bonchev–Trinajstić information content (AvgIpc) is 2.52. The highest BCUT2D eigenvalue weighted by Gasteiger charge is 2.40. The molecule has 23 heavy (non-hydrogen) atoms. The first kappa shape index (κ1) is 18.4. The monoisotopic (exact) mass is 346 g/mol. The summed E-state index contributed by atoms with van der Waals surface area (Å²) in [5, 5.41) is 1.92. The summed E-state index contributed by atoms with van der Waals surface area (Å²) >= 11 is 1.84. The van der Waals surface area contributed by atoms with Gasteiger partial charge in [0.1, 0.15) is 0 Å². The summed E-state index contributed by atoms with van der Waals surface area (Å²) in [7, 11) is -2.72. The zero-order valence-corrected chi connectivity index (χ0v) is 16.4. The van der Waals surface area contributed by atoms with Crippen molar-refractivity contribution in [1.82, 2.24) is 0 Å². The minimum absolute atomic E-state index is 0.0623. The lowest BCUT2D eigenvalue weighted by Crippen LogP contribution is -2.30. The first-order valence-corrected chi connectivity index (χ1v) is 10.8. The fourth-order valence-electron chi connectivity index (χ4n) is 2.73. The summed E-state index contributed by atoms with van der Waals surface area (Å²) in [5.74, 6) is 0.325. The van der Waals surface area contributed by atoms with Crippen molar-refractivity contribution in [2.75, 3.05) is 0 Å². The molecule has 0 saturated heterocycles. The van der Waals surface area contributed by atoms with Crippen molar-refractivity contribution in [1.29, 1.82) is 0 Å². The van der Waals surface area contributed by atoms with Gasteiger partial charge in [-0.1, -0.05) is 95.3 Å². The third kappa shape index (κ3) is 4.31. The van der Waals surface area contributed by atoms with Crippen LogP contribution in [0.1, 0.15) is 34.6 Å². The van der Waals surface area contributed by atoms with Crippen LogP contribution in [0.4, 0.5) is 0 Å². The summed E-state index contributed by atoms with van der Waals surface area (Å²) < 4.78 is 14.5. The van der Waals surface area contributed by atoms with E-state index in [0.29, 0.717) is 5.92 Å². The molecule has 0 spiro atoms. The third-order valence-corrected chi connectivity index (χ3v) is 9.83. The SMILES string of the molecule is CC(C)C(SC(C)(C)C)P(=O)(c1ccccc1)c1ccccc1. The molecule has 1 unspecified atom stereocenters. The van der Waals surface area contributed by atoms with E-state index in [2.05, 4.69) is 34.6 Å². The first-order valence-electron chi connectivity index (χ1n) is 8.14. The predicted octanol–water partition coefficient (Wildman–Crippen LogP) is 5.51. The van der Waals surface area contributed by atoms with Crippen LogP contribution in [0.3, 0.4) is 0 Å². The second kappa shape index (κ2) is 7.28. The second-order valence-corrected chi connectivity index (χ2v) is 12.4. The molecule has 1 nitrogen and oxygen atoms in total. The van der Waals surface area contributed by atoms with Crippen molar-refractivity contribution in [3.8, 4) is 0 Å². The van der Waals surface area contributed by atoms with Crippen LogP contribution in [0.15, 0.2) is 60.7 Å². The van der Waals surface area contributed by atoms with Crippen molar-refractivity contribution < 1.29 is 4.57 Å². The van der Waals surface area contributed by atoms with Gasteiger partial charge < -0.3 is 4.57 Å². The summed E-state index contributed by atoms with van der Waals surface area (Å²) in [6.07, 6.45) is 0. The van der Waals surface area contributed by atoms with Gasteiger partial charge in [-0.15, -0.1) is 11.8 Å². The molecule has 0 amide bonds. The first-order chi connectivity index (χ1) is 10.7. The third-order valence-electron chi connectivity index (χ3n) is 3.68. The highest BCUT2D eigenvalue weighted by molar-refractivity contribution is 8.09. The van der Waals surface area contributed by atoms with Crippen LogP contribution < -0.4 is 10.6 Å². The molecule has 0 bridgehead atoms. The Kier molecular flexibility index (Phi) is 5.81. The summed E-state index contributed by atoms with van der Waals surface area (Å²) in [5.41, 5.74) is 0. The number of thioether (sulfide) groups is 1. The van der Waals surface area contributed by atoms with Gasteiger partial charge in [0, 0.05) is 15.4 Å². The Balaban J connectivity index is 2.64. The normalized spacial score (nSPS) is 14.0. The highest BCUT2D eigenvalue weighted by Crippen LogP contribution is 2.58. The molecule has 2 rings (SSSR count). The maximum Gasteiger partial charge on any atom is 0.155 e. The van der Waals surface area contributed by atoms with Gasteiger partial charge in [-0.05, 0) is 5.92 Å². The number of benzene rings is 2. The average molecular weight is 346 g/mol. The van der Waals surface area contributed by atoms with E-state index < -0.39 is 7.14 Å². The van der Waals surface area contributed by atoms with Crippen LogP contribution in [0, 0.1) is 5.92 Å². The minimum atomic E-state index is -2.72. The molecular formula is C20H27OPS.